The predicted octanol–water partition coefficient (Wildman–Crippen LogP) is 3.46. The largest absolute Gasteiger partial charge is 0.416 e. The Hall–Kier alpha value is -2.05. The van der Waals surface area contributed by atoms with E-state index in [1.54, 1.807) is 4.90 Å². The molecule has 1 aliphatic rings. The number of anilines is 1. The molecule has 1 heterocycles. The first-order valence-electron chi connectivity index (χ1n) is 8.02. The van der Waals surface area contributed by atoms with Crippen molar-refractivity contribution in [2.45, 2.75) is 38.8 Å². The molecule has 0 atom stereocenters. The second kappa shape index (κ2) is 7.68. The summed E-state index contributed by atoms with van der Waals surface area (Å²) >= 11 is 0. The van der Waals surface area contributed by atoms with Crippen molar-refractivity contribution in [3.63, 3.8) is 0 Å². The highest BCUT2D eigenvalue weighted by Crippen LogP contribution is 2.31. The molecule has 1 aromatic rings. The number of likely N-dealkylation sites (tertiary alicyclic amines) is 1. The molecule has 0 unspecified atom stereocenters. The van der Waals surface area contributed by atoms with Crippen molar-refractivity contribution in [1.29, 1.82) is 0 Å². The zero-order valence-electron chi connectivity index (χ0n) is 13.6. The summed E-state index contributed by atoms with van der Waals surface area (Å²) in [4.78, 5) is 27.0. The third-order valence-electron chi connectivity index (χ3n) is 4.12. The first kappa shape index (κ1) is 18.3. The number of halogens is 3. The topological polar surface area (TPSA) is 40.6 Å². The van der Waals surface area contributed by atoms with Crippen molar-refractivity contribution < 1.29 is 22.8 Å². The second-order valence-corrected chi connectivity index (χ2v) is 5.91. The molecule has 2 rings (SSSR count). The Labute approximate surface area is 139 Å². The van der Waals surface area contributed by atoms with Crippen molar-refractivity contribution >= 4 is 17.5 Å². The number of benzene rings is 1. The van der Waals surface area contributed by atoms with Gasteiger partial charge in [-0.25, -0.2) is 0 Å². The van der Waals surface area contributed by atoms with Gasteiger partial charge < -0.3 is 9.80 Å². The molecule has 0 bridgehead atoms. The number of carbonyl (C=O) groups is 2. The Morgan fingerprint density at radius 3 is 2.42 bits per heavy atom. The van der Waals surface area contributed by atoms with Crippen LogP contribution >= 0.6 is 0 Å². The SMILES string of the molecule is CC(=O)N(CCC(=O)N1CCCCC1)c1cccc(C(F)(F)F)c1. The van der Waals surface area contributed by atoms with E-state index in [1.807, 2.05) is 0 Å². The maximum atomic E-state index is 12.8. The Kier molecular flexibility index (Phi) is 5.85. The van der Waals surface area contributed by atoms with Gasteiger partial charge in [-0.15, -0.1) is 0 Å². The van der Waals surface area contributed by atoms with E-state index in [1.165, 1.54) is 24.0 Å². The molecule has 0 radical (unpaired) electrons. The maximum Gasteiger partial charge on any atom is 0.416 e. The normalized spacial score (nSPS) is 15.2. The molecule has 0 saturated carbocycles. The average molecular weight is 342 g/mol. The number of amides is 2. The van der Waals surface area contributed by atoms with Crippen LogP contribution in [0.3, 0.4) is 0 Å². The molecule has 24 heavy (non-hydrogen) atoms. The van der Waals surface area contributed by atoms with Gasteiger partial charge in [0.2, 0.25) is 11.8 Å². The van der Waals surface area contributed by atoms with Gasteiger partial charge in [0.25, 0.3) is 0 Å². The summed E-state index contributed by atoms with van der Waals surface area (Å²) in [7, 11) is 0. The molecule has 1 fully saturated rings. The molecule has 1 aromatic carbocycles. The molecule has 1 aliphatic heterocycles. The number of piperidine rings is 1. The monoisotopic (exact) mass is 342 g/mol. The van der Waals surface area contributed by atoms with Crippen molar-refractivity contribution in [2.24, 2.45) is 0 Å². The fourth-order valence-electron chi connectivity index (χ4n) is 2.83. The molecule has 7 heteroatoms. The minimum absolute atomic E-state index is 0.0621. The lowest BCUT2D eigenvalue weighted by Crippen LogP contribution is -2.39. The summed E-state index contributed by atoms with van der Waals surface area (Å²) in [5.41, 5.74) is -0.655. The molecule has 0 aromatic heterocycles. The van der Waals surface area contributed by atoms with Crippen molar-refractivity contribution in [3.8, 4) is 0 Å². The van der Waals surface area contributed by atoms with E-state index in [0.29, 0.717) is 13.1 Å². The molecule has 4 nitrogen and oxygen atoms in total. The van der Waals surface area contributed by atoms with Gasteiger partial charge in [-0.1, -0.05) is 6.07 Å². The van der Waals surface area contributed by atoms with E-state index < -0.39 is 11.7 Å². The Bertz CT molecular complexity index is 596. The molecule has 132 valence electrons. The molecule has 2 amide bonds. The predicted molar refractivity (Wildman–Crippen MR) is 84.5 cm³/mol. The Morgan fingerprint density at radius 1 is 1.17 bits per heavy atom. The van der Waals surface area contributed by atoms with Gasteiger partial charge in [-0.05, 0) is 37.5 Å². The van der Waals surface area contributed by atoms with E-state index in [2.05, 4.69) is 0 Å². The number of carbonyl (C=O) groups excluding carboxylic acids is 2. The smallest absolute Gasteiger partial charge is 0.343 e. The first-order valence-corrected chi connectivity index (χ1v) is 8.02. The number of alkyl halides is 3. The van der Waals surface area contributed by atoms with Crippen LogP contribution < -0.4 is 4.90 Å². The lowest BCUT2D eigenvalue weighted by atomic mass is 10.1. The average Bonchev–Trinajstić information content (AvgIpc) is 2.55. The number of nitrogens with zero attached hydrogens (tertiary/aromatic N) is 2. The highest BCUT2D eigenvalue weighted by atomic mass is 19.4. The summed E-state index contributed by atoms with van der Waals surface area (Å²) in [6.07, 6.45) is -1.32. The lowest BCUT2D eigenvalue weighted by molar-refractivity contribution is -0.137. The van der Waals surface area contributed by atoms with Crippen LogP contribution in [0, 0.1) is 0 Å². The lowest BCUT2D eigenvalue weighted by Gasteiger charge is -2.28. The van der Waals surface area contributed by atoms with E-state index in [4.69, 9.17) is 0 Å². The van der Waals surface area contributed by atoms with Crippen LogP contribution in [0.1, 0.15) is 38.2 Å². The standard InChI is InChI=1S/C17H21F3N2O2/c1-13(23)22(11-8-16(24)21-9-3-2-4-10-21)15-7-5-6-14(12-15)17(18,19)20/h5-7,12H,2-4,8-11H2,1H3. The van der Waals surface area contributed by atoms with Crippen LogP contribution in [-0.4, -0.2) is 36.3 Å². The van der Waals surface area contributed by atoms with Crippen LogP contribution in [0.15, 0.2) is 24.3 Å². The first-order chi connectivity index (χ1) is 11.3. The van der Waals surface area contributed by atoms with Crippen LogP contribution in [0.2, 0.25) is 0 Å². The molecule has 0 spiro atoms. The zero-order valence-corrected chi connectivity index (χ0v) is 13.6. The van der Waals surface area contributed by atoms with Gasteiger partial charge in [-0.2, -0.15) is 13.2 Å². The van der Waals surface area contributed by atoms with E-state index >= 15 is 0 Å². The fourth-order valence-corrected chi connectivity index (χ4v) is 2.83. The molecule has 0 aliphatic carbocycles. The van der Waals surface area contributed by atoms with Gasteiger partial charge in [0.15, 0.2) is 0 Å². The fraction of sp³-hybridized carbons (Fsp3) is 0.529. The van der Waals surface area contributed by atoms with Crippen molar-refractivity contribution in [1.82, 2.24) is 4.90 Å². The van der Waals surface area contributed by atoms with Gasteiger partial charge in [0.05, 0.1) is 5.56 Å². The van der Waals surface area contributed by atoms with Gasteiger partial charge in [-0.3, -0.25) is 9.59 Å². The van der Waals surface area contributed by atoms with Crippen LogP contribution in [-0.2, 0) is 15.8 Å². The second-order valence-electron chi connectivity index (χ2n) is 5.91. The molecular formula is C17H21F3N2O2. The summed E-state index contributed by atoms with van der Waals surface area (Å²) in [5, 5.41) is 0. The quantitative estimate of drug-likeness (QED) is 0.841. The number of hydrogen-bond acceptors (Lipinski definition) is 2. The van der Waals surface area contributed by atoms with Crippen molar-refractivity contribution in [2.75, 3.05) is 24.5 Å². The third-order valence-corrected chi connectivity index (χ3v) is 4.12. The minimum Gasteiger partial charge on any atom is -0.343 e. The summed E-state index contributed by atoms with van der Waals surface area (Å²) in [5.74, 6) is -0.450. The Morgan fingerprint density at radius 2 is 1.83 bits per heavy atom. The maximum absolute atomic E-state index is 12.8. The minimum atomic E-state index is -4.47. The zero-order chi connectivity index (χ0) is 17.7. The summed E-state index contributed by atoms with van der Waals surface area (Å²) in [6, 6.07) is 4.61. The van der Waals surface area contributed by atoms with Gasteiger partial charge in [0, 0.05) is 38.7 Å². The van der Waals surface area contributed by atoms with E-state index in [9.17, 15) is 22.8 Å². The number of rotatable bonds is 4. The highest BCUT2D eigenvalue weighted by molar-refractivity contribution is 5.92. The number of hydrogen-bond donors (Lipinski definition) is 0. The molecular weight excluding hydrogens is 321 g/mol. The van der Waals surface area contributed by atoms with Gasteiger partial charge >= 0.3 is 6.18 Å². The molecule has 0 N–H and O–H groups in total. The Balaban J connectivity index is 2.07. The summed E-state index contributed by atoms with van der Waals surface area (Å²) in [6.45, 7) is 2.78. The summed E-state index contributed by atoms with van der Waals surface area (Å²) < 4.78 is 38.5. The molecule has 1 saturated heterocycles. The van der Waals surface area contributed by atoms with Crippen LogP contribution in [0.25, 0.3) is 0 Å². The highest BCUT2D eigenvalue weighted by Gasteiger charge is 2.31. The van der Waals surface area contributed by atoms with Crippen LogP contribution in [0.5, 0.6) is 0 Å². The third kappa shape index (κ3) is 4.72. The van der Waals surface area contributed by atoms with Crippen LogP contribution in [0.4, 0.5) is 18.9 Å². The van der Waals surface area contributed by atoms with Gasteiger partial charge in [0.1, 0.15) is 0 Å². The van der Waals surface area contributed by atoms with E-state index in [-0.39, 0.29) is 30.5 Å². The van der Waals surface area contributed by atoms with E-state index in [0.717, 1.165) is 31.4 Å². The van der Waals surface area contributed by atoms with Crippen molar-refractivity contribution in [3.05, 3.63) is 29.8 Å².